The Morgan fingerprint density at radius 1 is 1.06 bits per heavy atom. The second-order valence-electron chi connectivity index (χ2n) is 4.26. The molecule has 0 radical (unpaired) electrons. The zero-order chi connectivity index (χ0) is 11.9. The van der Waals surface area contributed by atoms with Crippen LogP contribution in [0.15, 0.2) is 47.8 Å². The average molecular weight is 265 g/mol. The van der Waals surface area contributed by atoms with Crippen LogP contribution in [-0.2, 0) is 12.8 Å². The van der Waals surface area contributed by atoms with Crippen LogP contribution in [0.25, 0.3) is 0 Å². The molecule has 0 spiro atoms. The van der Waals surface area contributed by atoms with Crippen LogP contribution in [-0.4, -0.2) is 5.38 Å². The Morgan fingerprint density at radius 2 is 1.88 bits per heavy atom. The number of hydrogen-bond donors (Lipinski definition) is 0. The van der Waals surface area contributed by atoms with E-state index in [2.05, 4.69) is 47.8 Å². The predicted molar refractivity (Wildman–Crippen MR) is 77.0 cm³/mol. The van der Waals surface area contributed by atoms with Crippen molar-refractivity contribution < 1.29 is 0 Å². The molecule has 0 amide bonds. The van der Waals surface area contributed by atoms with Crippen molar-refractivity contribution in [1.29, 1.82) is 0 Å². The summed E-state index contributed by atoms with van der Waals surface area (Å²) in [5, 5.41) is 2.39. The summed E-state index contributed by atoms with van der Waals surface area (Å²) >= 11 is 8.14. The van der Waals surface area contributed by atoms with Gasteiger partial charge in [-0.05, 0) is 42.7 Å². The molecule has 2 rings (SSSR count). The maximum absolute atomic E-state index is 6.35. The summed E-state index contributed by atoms with van der Waals surface area (Å²) in [6, 6.07) is 14.9. The third-order valence-electron chi connectivity index (χ3n) is 2.83. The maximum Gasteiger partial charge on any atom is 0.0384 e. The van der Waals surface area contributed by atoms with E-state index in [0.717, 1.165) is 19.3 Å². The van der Waals surface area contributed by atoms with Crippen molar-refractivity contribution in [3.8, 4) is 0 Å². The minimum absolute atomic E-state index is 0.275. The second kappa shape index (κ2) is 6.83. The Hall–Kier alpha value is -0.790. The van der Waals surface area contributed by atoms with Crippen molar-refractivity contribution in [3.05, 3.63) is 58.3 Å². The molecule has 1 aromatic carbocycles. The van der Waals surface area contributed by atoms with Gasteiger partial charge in [-0.25, -0.2) is 0 Å². The number of hydrogen-bond acceptors (Lipinski definition) is 1. The summed E-state index contributed by atoms with van der Waals surface area (Å²) < 4.78 is 0. The minimum Gasteiger partial charge on any atom is -0.149 e. The van der Waals surface area contributed by atoms with Gasteiger partial charge < -0.3 is 0 Å². The molecule has 0 N–H and O–H groups in total. The standard InChI is InChI=1S/C15H17ClS/c16-14(12-15-10-5-11-17-15)9-4-8-13-6-2-1-3-7-13/h1-3,5-7,10-11,14H,4,8-9,12H2. The molecule has 0 nitrogen and oxygen atoms in total. The third kappa shape index (κ3) is 4.53. The van der Waals surface area contributed by atoms with Gasteiger partial charge in [-0.1, -0.05) is 36.4 Å². The fourth-order valence-corrected chi connectivity index (χ4v) is 3.12. The Bertz CT molecular complexity index is 408. The zero-order valence-corrected chi connectivity index (χ0v) is 11.4. The van der Waals surface area contributed by atoms with Crippen LogP contribution in [0.2, 0.25) is 0 Å². The summed E-state index contributed by atoms with van der Waals surface area (Å²) in [6.07, 6.45) is 4.40. The molecular weight excluding hydrogens is 248 g/mol. The second-order valence-corrected chi connectivity index (χ2v) is 5.91. The monoisotopic (exact) mass is 264 g/mol. The zero-order valence-electron chi connectivity index (χ0n) is 9.81. The van der Waals surface area contributed by atoms with E-state index in [9.17, 15) is 0 Å². The molecule has 2 heteroatoms. The molecule has 0 aliphatic rings. The number of thiophene rings is 1. The van der Waals surface area contributed by atoms with Crippen LogP contribution in [0, 0.1) is 0 Å². The van der Waals surface area contributed by atoms with Gasteiger partial charge in [0.2, 0.25) is 0 Å². The summed E-state index contributed by atoms with van der Waals surface area (Å²) in [5.74, 6) is 0. The molecule has 0 fully saturated rings. The molecule has 1 unspecified atom stereocenters. The van der Waals surface area contributed by atoms with Gasteiger partial charge in [0.1, 0.15) is 0 Å². The molecule has 17 heavy (non-hydrogen) atoms. The number of benzene rings is 1. The maximum atomic E-state index is 6.35. The summed E-state index contributed by atoms with van der Waals surface area (Å²) in [4.78, 5) is 1.39. The van der Waals surface area contributed by atoms with E-state index < -0.39 is 0 Å². The molecule has 1 aromatic heterocycles. The molecule has 0 bridgehead atoms. The van der Waals surface area contributed by atoms with E-state index in [1.54, 1.807) is 11.3 Å². The molecule has 90 valence electrons. The van der Waals surface area contributed by atoms with E-state index in [4.69, 9.17) is 11.6 Å². The van der Waals surface area contributed by atoms with Gasteiger partial charge in [-0.2, -0.15) is 0 Å². The quantitative estimate of drug-likeness (QED) is 0.650. The van der Waals surface area contributed by atoms with E-state index in [-0.39, 0.29) is 5.38 Å². The first kappa shape index (κ1) is 12.7. The van der Waals surface area contributed by atoms with Crippen LogP contribution in [0.1, 0.15) is 23.3 Å². The molecule has 0 saturated heterocycles. The topological polar surface area (TPSA) is 0 Å². The van der Waals surface area contributed by atoms with Crippen molar-refractivity contribution in [2.45, 2.75) is 31.1 Å². The predicted octanol–water partition coefficient (Wildman–Crippen LogP) is 4.92. The first-order chi connectivity index (χ1) is 8.34. The number of rotatable bonds is 6. The van der Waals surface area contributed by atoms with E-state index in [0.29, 0.717) is 0 Å². The lowest BCUT2D eigenvalue weighted by Crippen LogP contribution is -2.02. The number of halogens is 1. The molecule has 1 heterocycles. The molecule has 2 aromatic rings. The van der Waals surface area contributed by atoms with Gasteiger partial charge in [0.15, 0.2) is 0 Å². The molecular formula is C15H17ClS. The lowest BCUT2D eigenvalue weighted by molar-refractivity contribution is 0.689. The fourth-order valence-electron chi connectivity index (χ4n) is 1.92. The van der Waals surface area contributed by atoms with Gasteiger partial charge in [0.05, 0.1) is 0 Å². The van der Waals surface area contributed by atoms with Crippen LogP contribution in [0.5, 0.6) is 0 Å². The van der Waals surface area contributed by atoms with E-state index in [1.165, 1.54) is 16.9 Å². The molecule has 1 atom stereocenters. The highest BCUT2D eigenvalue weighted by atomic mass is 35.5. The van der Waals surface area contributed by atoms with Crippen molar-refractivity contribution in [2.75, 3.05) is 0 Å². The highest BCUT2D eigenvalue weighted by Crippen LogP contribution is 2.18. The normalized spacial score (nSPS) is 12.5. The lowest BCUT2D eigenvalue weighted by Gasteiger charge is -2.07. The Balaban J connectivity index is 1.68. The summed E-state index contributed by atoms with van der Waals surface area (Å²) in [6.45, 7) is 0. The molecule has 0 saturated carbocycles. The smallest absolute Gasteiger partial charge is 0.0384 e. The van der Waals surface area contributed by atoms with Crippen LogP contribution >= 0.6 is 22.9 Å². The van der Waals surface area contributed by atoms with Crippen molar-refractivity contribution in [2.24, 2.45) is 0 Å². The average Bonchev–Trinajstić information content (AvgIpc) is 2.83. The minimum atomic E-state index is 0.275. The SMILES string of the molecule is ClC(CCCc1ccccc1)Cc1cccs1. The van der Waals surface area contributed by atoms with Crippen LogP contribution in [0.4, 0.5) is 0 Å². The van der Waals surface area contributed by atoms with Gasteiger partial charge in [-0.3, -0.25) is 0 Å². The van der Waals surface area contributed by atoms with Gasteiger partial charge in [0, 0.05) is 10.3 Å². The lowest BCUT2D eigenvalue weighted by atomic mass is 10.1. The fraction of sp³-hybridized carbons (Fsp3) is 0.333. The van der Waals surface area contributed by atoms with Gasteiger partial charge >= 0.3 is 0 Å². The number of aryl methyl sites for hydroxylation is 1. The highest BCUT2D eigenvalue weighted by molar-refractivity contribution is 7.09. The molecule has 0 aliphatic carbocycles. The Labute approximate surface area is 112 Å². The highest BCUT2D eigenvalue weighted by Gasteiger charge is 2.06. The summed E-state index contributed by atoms with van der Waals surface area (Å²) in [7, 11) is 0. The largest absolute Gasteiger partial charge is 0.149 e. The Kier molecular flexibility index (Phi) is 5.08. The molecule has 0 aliphatic heterocycles. The van der Waals surface area contributed by atoms with Crippen molar-refractivity contribution in [3.63, 3.8) is 0 Å². The Morgan fingerprint density at radius 3 is 2.59 bits per heavy atom. The van der Waals surface area contributed by atoms with Crippen LogP contribution in [0.3, 0.4) is 0 Å². The first-order valence-electron chi connectivity index (χ1n) is 6.05. The van der Waals surface area contributed by atoms with Gasteiger partial charge in [0.25, 0.3) is 0 Å². The van der Waals surface area contributed by atoms with E-state index >= 15 is 0 Å². The van der Waals surface area contributed by atoms with Crippen molar-refractivity contribution >= 4 is 22.9 Å². The number of alkyl halides is 1. The van der Waals surface area contributed by atoms with Crippen molar-refractivity contribution in [1.82, 2.24) is 0 Å². The summed E-state index contributed by atoms with van der Waals surface area (Å²) in [5.41, 5.74) is 1.41. The van der Waals surface area contributed by atoms with E-state index in [1.807, 2.05) is 0 Å². The third-order valence-corrected chi connectivity index (χ3v) is 4.10. The van der Waals surface area contributed by atoms with Crippen LogP contribution < -0.4 is 0 Å². The van der Waals surface area contributed by atoms with Gasteiger partial charge in [-0.15, -0.1) is 22.9 Å². The first-order valence-corrected chi connectivity index (χ1v) is 7.36.